The van der Waals surface area contributed by atoms with Gasteiger partial charge in [-0.3, -0.25) is 9.36 Å². The minimum absolute atomic E-state index is 0.0923. The second-order valence-electron chi connectivity index (χ2n) is 4.89. The van der Waals surface area contributed by atoms with E-state index in [2.05, 4.69) is 21.6 Å². The molecule has 0 saturated heterocycles. The SMILES string of the molecule is N#Cc1ccc(SCC(=O)Nc2cccc(-n3cnnc3)c2)cc1. The maximum absolute atomic E-state index is 12.1. The highest BCUT2D eigenvalue weighted by Crippen LogP contribution is 2.19. The van der Waals surface area contributed by atoms with E-state index in [9.17, 15) is 4.79 Å². The monoisotopic (exact) mass is 335 g/mol. The molecule has 0 fully saturated rings. The van der Waals surface area contributed by atoms with Gasteiger partial charge in [-0.15, -0.1) is 22.0 Å². The Kier molecular flexibility index (Phi) is 4.89. The maximum Gasteiger partial charge on any atom is 0.234 e. The molecule has 7 heteroatoms. The number of thioether (sulfide) groups is 1. The molecule has 1 heterocycles. The topological polar surface area (TPSA) is 83.6 Å². The Morgan fingerprint density at radius 1 is 1.17 bits per heavy atom. The van der Waals surface area contributed by atoms with E-state index in [-0.39, 0.29) is 5.91 Å². The standard InChI is InChI=1S/C17H13N5OS/c18-9-13-4-6-16(7-5-13)24-10-17(23)21-14-2-1-3-15(8-14)22-11-19-20-12-22/h1-8,11-12H,10H2,(H,21,23). The van der Waals surface area contributed by atoms with Gasteiger partial charge < -0.3 is 5.32 Å². The molecule has 0 spiro atoms. The van der Waals surface area contributed by atoms with Crippen molar-refractivity contribution in [1.82, 2.24) is 14.8 Å². The zero-order valence-electron chi connectivity index (χ0n) is 12.6. The lowest BCUT2D eigenvalue weighted by Gasteiger charge is -2.07. The molecule has 6 nitrogen and oxygen atoms in total. The summed E-state index contributed by atoms with van der Waals surface area (Å²) in [5, 5.41) is 19.2. The van der Waals surface area contributed by atoms with Gasteiger partial charge in [-0.2, -0.15) is 5.26 Å². The van der Waals surface area contributed by atoms with Crippen LogP contribution >= 0.6 is 11.8 Å². The van der Waals surface area contributed by atoms with E-state index in [1.54, 1.807) is 29.4 Å². The molecule has 0 bridgehead atoms. The Hall–Kier alpha value is -3.11. The largest absolute Gasteiger partial charge is 0.325 e. The Morgan fingerprint density at radius 3 is 2.62 bits per heavy atom. The minimum Gasteiger partial charge on any atom is -0.325 e. The molecule has 0 aliphatic carbocycles. The predicted molar refractivity (Wildman–Crippen MR) is 91.9 cm³/mol. The number of nitrogens with one attached hydrogen (secondary N) is 1. The molecule has 0 saturated carbocycles. The van der Waals surface area contributed by atoms with Crippen LogP contribution in [0.15, 0.2) is 66.1 Å². The summed E-state index contributed by atoms with van der Waals surface area (Å²) in [4.78, 5) is 13.0. The lowest BCUT2D eigenvalue weighted by atomic mass is 10.2. The van der Waals surface area contributed by atoms with Crippen LogP contribution in [0.2, 0.25) is 0 Å². The summed E-state index contributed by atoms with van der Waals surface area (Å²) in [6, 6.07) is 16.7. The van der Waals surface area contributed by atoms with E-state index in [1.165, 1.54) is 11.8 Å². The molecule has 3 aromatic rings. The number of nitriles is 1. The van der Waals surface area contributed by atoms with E-state index >= 15 is 0 Å². The molecule has 2 aromatic carbocycles. The highest BCUT2D eigenvalue weighted by atomic mass is 32.2. The molecule has 0 atom stereocenters. The van der Waals surface area contributed by atoms with Gasteiger partial charge >= 0.3 is 0 Å². The number of benzene rings is 2. The van der Waals surface area contributed by atoms with Crippen molar-refractivity contribution in [3.63, 3.8) is 0 Å². The van der Waals surface area contributed by atoms with Crippen LogP contribution in [-0.2, 0) is 4.79 Å². The smallest absolute Gasteiger partial charge is 0.234 e. The van der Waals surface area contributed by atoms with Crippen LogP contribution in [0.3, 0.4) is 0 Å². The molecule has 1 aromatic heterocycles. The second kappa shape index (κ2) is 7.44. The van der Waals surface area contributed by atoms with Crippen LogP contribution in [0.1, 0.15) is 5.56 Å². The first-order valence-electron chi connectivity index (χ1n) is 7.12. The van der Waals surface area contributed by atoms with E-state index in [4.69, 9.17) is 5.26 Å². The zero-order valence-corrected chi connectivity index (χ0v) is 13.4. The van der Waals surface area contributed by atoms with Crippen molar-refractivity contribution in [2.75, 3.05) is 11.1 Å². The summed E-state index contributed by atoms with van der Waals surface area (Å²) < 4.78 is 1.77. The number of carbonyl (C=O) groups is 1. The molecule has 118 valence electrons. The molecule has 0 aliphatic heterocycles. The maximum atomic E-state index is 12.1. The van der Waals surface area contributed by atoms with Gasteiger partial charge in [0.1, 0.15) is 12.7 Å². The highest BCUT2D eigenvalue weighted by molar-refractivity contribution is 8.00. The van der Waals surface area contributed by atoms with E-state index in [1.807, 2.05) is 36.4 Å². The van der Waals surface area contributed by atoms with Crippen LogP contribution in [0.25, 0.3) is 5.69 Å². The van der Waals surface area contributed by atoms with Gasteiger partial charge in [0.2, 0.25) is 5.91 Å². The number of nitrogens with zero attached hydrogens (tertiary/aromatic N) is 4. The number of hydrogen-bond acceptors (Lipinski definition) is 5. The number of carbonyl (C=O) groups excluding carboxylic acids is 1. The van der Waals surface area contributed by atoms with Crippen molar-refractivity contribution in [3.8, 4) is 11.8 Å². The molecule has 0 aliphatic rings. The quantitative estimate of drug-likeness (QED) is 0.725. The average molecular weight is 335 g/mol. The van der Waals surface area contributed by atoms with Gasteiger partial charge in [-0.05, 0) is 42.5 Å². The number of aromatic nitrogens is 3. The lowest BCUT2D eigenvalue weighted by molar-refractivity contribution is -0.113. The van der Waals surface area contributed by atoms with Crippen LogP contribution in [-0.4, -0.2) is 26.4 Å². The lowest BCUT2D eigenvalue weighted by Crippen LogP contribution is -2.14. The Labute approximate surface area is 143 Å². The third-order valence-corrected chi connectivity index (χ3v) is 4.21. The normalized spacial score (nSPS) is 10.1. The molecule has 0 unspecified atom stereocenters. The molecule has 0 radical (unpaired) electrons. The summed E-state index contributed by atoms with van der Waals surface area (Å²) in [6.07, 6.45) is 3.20. The Balaban J connectivity index is 1.58. The summed E-state index contributed by atoms with van der Waals surface area (Å²) in [5.74, 6) is 0.202. The third kappa shape index (κ3) is 4.00. The van der Waals surface area contributed by atoms with E-state index in [0.717, 1.165) is 10.6 Å². The van der Waals surface area contributed by atoms with Crippen molar-refractivity contribution in [3.05, 3.63) is 66.7 Å². The van der Waals surface area contributed by atoms with E-state index < -0.39 is 0 Å². The summed E-state index contributed by atoms with van der Waals surface area (Å²) in [7, 11) is 0. The fraction of sp³-hybridized carbons (Fsp3) is 0.0588. The van der Waals surface area contributed by atoms with Gasteiger partial charge in [0, 0.05) is 10.6 Å². The van der Waals surface area contributed by atoms with Crippen LogP contribution in [0.5, 0.6) is 0 Å². The number of hydrogen-bond donors (Lipinski definition) is 1. The molecule has 1 N–H and O–H groups in total. The van der Waals surface area contributed by atoms with Gasteiger partial charge in [-0.25, -0.2) is 0 Å². The fourth-order valence-electron chi connectivity index (χ4n) is 2.05. The molecule has 1 amide bonds. The van der Waals surface area contributed by atoms with Gasteiger partial charge in [0.25, 0.3) is 0 Å². The Morgan fingerprint density at radius 2 is 1.92 bits per heavy atom. The summed E-state index contributed by atoms with van der Waals surface area (Å²) in [6.45, 7) is 0. The first-order valence-corrected chi connectivity index (χ1v) is 8.11. The van der Waals surface area contributed by atoms with Crippen molar-refractivity contribution in [1.29, 1.82) is 5.26 Å². The second-order valence-corrected chi connectivity index (χ2v) is 5.94. The number of amides is 1. The van der Waals surface area contributed by atoms with Crippen LogP contribution < -0.4 is 5.32 Å². The van der Waals surface area contributed by atoms with Crippen molar-refractivity contribution in [2.24, 2.45) is 0 Å². The van der Waals surface area contributed by atoms with Crippen LogP contribution in [0.4, 0.5) is 5.69 Å². The van der Waals surface area contributed by atoms with E-state index in [0.29, 0.717) is 17.0 Å². The van der Waals surface area contributed by atoms with Gasteiger partial charge in [0.15, 0.2) is 0 Å². The Bertz CT molecular complexity index is 869. The van der Waals surface area contributed by atoms with Gasteiger partial charge in [-0.1, -0.05) is 6.07 Å². The zero-order chi connectivity index (χ0) is 16.8. The van der Waals surface area contributed by atoms with Crippen molar-refractivity contribution in [2.45, 2.75) is 4.90 Å². The molecule has 3 rings (SSSR count). The number of rotatable bonds is 5. The van der Waals surface area contributed by atoms with Gasteiger partial charge in [0.05, 0.1) is 23.1 Å². The predicted octanol–water partition coefficient (Wildman–Crippen LogP) is 2.87. The first kappa shape index (κ1) is 15.8. The highest BCUT2D eigenvalue weighted by Gasteiger charge is 2.05. The summed E-state index contributed by atoms with van der Waals surface area (Å²) >= 11 is 1.42. The minimum atomic E-state index is -0.0923. The number of anilines is 1. The molecule has 24 heavy (non-hydrogen) atoms. The van der Waals surface area contributed by atoms with Crippen LogP contribution in [0, 0.1) is 11.3 Å². The molecular weight excluding hydrogens is 322 g/mol. The first-order chi connectivity index (χ1) is 11.7. The molecular formula is C17H13N5OS. The van der Waals surface area contributed by atoms with Crippen molar-refractivity contribution >= 4 is 23.4 Å². The van der Waals surface area contributed by atoms with Crippen molar-refractivity contribution < 1.29 is 4.79 Å². The summed E-state index contributed by atoms with van der Waals surface area (Å²) in [5.41, 5.74) is 2.19. The third-order valence-electron chi connectivity index (χ3n) is 3.20. The average Bonchev–Trinajstić information content (AvgIpc) is 3.15. The fourth-order valence-corrected chi connectivity index (χ4v) is 2.75.